The van der Waals surface area contributed by atoms with Crippen LogP contribution in [0.1, 0.15) is 49.4 Å². The highest BCUT2D eigenvalue weighted by molar-refractivity contribution is 5.92. The van der Waals surface area contributed by atoms with Crippen LogP contribution in [-0.4, -0.2) is 12.6 Å². The van der Waals surface area contributed by atoms with Gasteiger partial charge in [0.25, 0.3) is 0 Å². The molecule has 0 fully saturated rings. The Labute approximate surface area is 114 Å². The first-order valence-corrected chi connectivity index (χ1v) is 6.86. The Kier molecular flexibility index (Phi) is 5.01. The molecule has 1 aliphatic rings. The number of cyclic esters (lactones) is 1. The fraction of sp³-hybridized carbons (Fsp3) is 0.438. The van der Waals surface area contributed by atoms with Gasteiger partial charge in [-0.3, -0.25) is 0 Å². The highest BCUT2D eigenvalue weighted by Crippen LogP contribution is 2.21. The Hall–Kier alpha value is -1.77. The largest absolute Gasteiger partial charge is 0.493 e. The van der Waals surface area contributed by atoms with Crippen LogP contribution in [0.3, 0.4) is 0 Å². The monoisotopic (exact) mass is 260 g/mol. The van der Waals surface area contributed by atoms with E-state index in [9.17, 15) is 4.79 Å². The number of allylic oxidation sites excluding steroid dienone is 1. The molecule has 0 radical (unpaired) electrons. The lowest BCUT2D eigenvalue weighted by molar-refractivity contribution is 0.0655. The summed E-state index contributed by atoms with van der Waals surface area (Å²) in [5, 5.41) is 0. The molecule has 0 atom stereocenters. The zero-order valence-corrected chi connectivity index (χ0v) is 11.4. The Balaban J connectivity index is 2.18. The van der Waals surface area contributed by atoms with E-state index in [1.54, 1.807) is 12.3 Å². The van der Waals surface area contributed by atoms with E-state index in [1.165, 1.54) is 6.42 Å². The molecule has 0 aromatic heterocycles. The minimum absolute atomic E-state index is 0.353. The molecule has 0 aliphatic carbocycles. The topological polar surface area (TPSA) is 35.5 Å². The normalized spacial score (nSPS) is 20.5. The number of hydrogen-bond acceptors (Lipinski definition) is 3. The third kappa shape index (κ3) is 4.12. The highest BCUT2D eigenvalue weighted by Gasteiger charge is 2.13. The molecule has 1 aromatic rings. The zero-order chi connectivity index (χ0) is 13.5. The number of rotatable bonds is 0. The first kappa shape index (κ1) is 13.7. The van der Waals surface area contributed by atoms with Crippen LogP contribution in [-0.2, 0) is 4.74 Å². The van der Waals surface area contributed by atoms with Crippen molar-refractivity contribution in [1.82, 2.24) is 0 Å². The molecule has 0 saturated heterocycles. The maximum Gasteiger partial charge on any atom is 0.346 e. The van der Waals surface area contributed by atoms with Gasteiger partial charge in [-0.05, 0) is 43.9 Å². The van der Waals surface area contributed by atoms with E-state index < -0.39 is 0 Å². The third-order valence-electron chi connectivity index (χ3n) is 3.20. The minimum Gasteiger partial charge on any atom is -0.493 e. The summed E-state index contributed by atoms with van der Waals surface area (Å²) >= 11 is 0. The molecule has 0 saturated carbocycles. The fourth-order valence-electron chi connectivity index (χ4n) is 2.08. The molecule has 3 nitrogen and oxygen atoms in total. The van der Waals surface area contributed by atoms with Crippen LogP contribution < -0.4 is 4.74 Å². The van der Waals surface area contributed by atoms with Crippen molar-refractivity contribution in [2.45, 2.75) is 39.0 Å². The van der Waals surface area contributed by atoms with Gasteiger partial charge in [0, 0.05) is 0 Å². The van der Waals surface area contributed by atoms with Crippen molar-refractivity contribution in [2.75, 3.05) is 6.61 Å². The van der Waals surface area contributed by atoms with Crippen LogP contribution in [0.5, 0.6) is 5.75 Å². The van der Waals surface area contributed by atoms with Crippen molar-refractivity contribution in [3.05, 3.63) is 41.7 Å². The second kappa shape index (κ2) is 6.98. The van der Waals surface area contributed by atoms with E-state index in [2.05, 4.69) is 0 Å². The van der Waals surface area contributed by atoms with Crippen molar-refractivity contribution in [1.29, 1.82) is 0 Å². The standard InChI is InChI=1S/C16H20O3/c1-13-8-4-2-3-7-11-18-15-10-6-5-9-14(15)16(17)19-12-13/h5-6,9-10,12H,2-4,7-8,11H2,1H3/b13-12-. The molecule has 0 spiro atoms. The third-order valence-corrected chi connectivity index (χ3v) is 3.20. The average molecular weight is 260 g/mol. The number of esters is 1. The molecule has 0 N–H and O–H groups in total. The van der Waals surface area contributed by atoms with Gasteiger partial charge < -0.3 is 9.47 Å². The van der Waals surface area contributed by atoms with Gasteiger partial charge in [0.15, 0.2) is 0 Å². The Morgan fingerprint density at radius 1 is 1.05 bits per heavy atom. The van der Waals surface area contributed by atoms with E-state index in [4.69, 9.17) is 9.47 Å². The van der Waals surface area contributed by atoms with E-state index in [0.29, 0.717) is 17.9 Å². The Morgan fingerprint density at radius 2 is 1.84 bits per heavy atom. The number of ether oxygens (including phenoxy) is 2. The van der Waals surface area contributed by atoms with Gasteiger partial charge in [0.05, 0.1) is 12.9 Å². The van der Waals surface area contributed by atoms with Crippen LogP contribution >= 0.6 is 0 Å². The van der Waals surface area contributed by atoms with Gasteiger partial charge in [-0.2, -0.15) is 0 Å². The summed E-state index contributed by atoms with van der Waals surface area (Å²) in [7, 11) is 0. The molecule has 2 rings (SSSR count). The van der Waals surface area contributed by atoms with Crippen molar-refractivity contribution in [3.8, 4) is 5.75 Å². The van der Waals surface area contributed by atoms with Crippen molar-refractivity contribution < 1.29 is 14.3 Å². The summed E-state index contributed by atoms with van der Waals surface area (Å²) in [6.45, 7) is 2.64. The predicted molar refractivity (Wildman–Crippen MR) is 74.2 cm³/mol. The Morgan fingerprint density at radius 3 is 2.74 bits per heavy atom. The highest BCUT2D eigenvalue weighted by atomic mass is 16.5. The lowest BCUT2D eigenvalue weighted by atomic mass is 10.1. The lowest BCUT2D eigenvalue weighted by Gasteiger charge is -2.09. The molecule has 102 valence electrons. The molecule has 0 amide bonds. The molecule has 0 bridgehead atoms. The van der Waals surface area contributed by atoms with Crippen molar-refractivity contribution in [2.24, 2.45) is 0 Å². The summed E-state index contributed by atoms with van der Waals surface area (Å²) in [4.78, 5) is 12.0. The summed E-state index contributed by atoms with van der Waals surface area (Å²) in [5.41, 5.74) is 1.59. The SMILES string of the molecule is C/C1=C/OC(=O)c2ccccc2OCCCCCC1. The summed E-state index contributed by atoms with van der Waals surface area (Å²) in [5.74, 6) is 0.256. The van der Waals surface area contributed by atoms with E-state index in [0.717, 1.165) is 31.3 Å². The van der Waals surface area contributed by atoms with E-state index >= 15 is 0 Å². The number of para-hydroxylation sites is 1. The molecule has 1 aliphatic heterocycles. The van der Waals surface area contributed by atoms with Crippen LogP contribution in [0.4, 0.5) is 0 Å². The average Bonchev–Trinajstić information content (AvgIpc) is 2.44. The number of benzene rings is 1. The molecular weight excluding hydrogens is 240 g/mol. The molecule has 1 aromatic carbocycles. The zero-order valence-electron chi connectivity index (χ0n) is 11.4. The summed E-state index contributed by atoms with van der Waals surface area (Å²) in [6, 6.07) is 7.23. The van der Waals surface area contributed by atoms with Crippen molar-refractivity contribution >= 4 is 5.97 Å². The smallest absolute Gasteiger partial charge is 0.346 e. The van der Waals surface area contributed by atoms with E-state index in [-0.39, 0.29) is 5.97 Å². The van der Waals surface area contributed by atoms with Gasteiger partial charge in [0.2, 0.25) is 0 Å². The minimum atomic E-state index is -0.353. The molecule has 0 unspecified atom stereocenters. The summed E-state index contributed by atoms with van der Waals surface area (Å²) < 4.78 is 10.9. The van der Waals surface area contributed by atoms with Crippen LogP contribution in [0, 0.1) is 0 Å². The number of hydrogen-bond donors (Lipinski definition) is 0. The number of fused-ring (bicyclic) bond motifs is 1. The number of carbonyl (C=O) groups excluding carboxylic acids is 1. The van der Waals surface area contributed by atoms with Crippen LogP contribution in [0.2, 0.25) is 0 Å². The molecule has 19 heavy (non-hydrogen) atoms. The van der Waals surface area contributed by atoms with Crippen molar-refractivity contribution in [3.63, 3.8) is 0 Å². The van der Waals surface area contributed by atoms with Gasteiger partial charge in [-0.25, -0.2) is 4.79 Å². The maximum absolute atomic E-state index is 12.0. The molecule has 3 heteroatoms. The first-order chi connectivity index (χ1) is 9.27. The van der Waals surface area contributed by atoms with Gasteiger partial charge >= 0.3 is 5.97 Å². The molecular formula is C16H20O3. The molecule has 1 heterocycles. The summed E-state index contributed by atoms with van der Waals surface area (Å²) in [6.07, 6.45) is 7.04. The maximum atomic E-state index is 12.0. The van der Waals surface area contributed by atoms with Crippen LogP contribution in [0.25, 0.3) is 0 Å². The van der Waals surface area contributed by atoms with Gasteiger partial charge in [-0.1, -0.05) is 25.0 Å². The van der Waals surface area contributed by atoms with E-state index in [1.807, 2.05) is 25.1 Å². The first-order valence-electron chi connectivity index (χ1n) is 6.86. The second-order valence-corrected chi connectivity index (χ2v) is 4.88. The van der Waals surface area contributed by atoms with Gasteiger partial charge in [0.1, 0.15) is 11.3 Å². The predicted octanol–water partition coefficient (Wildman–Crippen LogP) is 4.09. The van der Waals surface area contributed by atoms with Gasteiger partial charge in [-0.15, -0.1) is 0 Å². The number of carbonyl (C=O) groups is 1. The fourth-order valence-corrected chi connectivity index (χ4v) is 2.08. The Bertz CT molecular complexity index is 463. The lowest BCUT2D eigenvalue weighted by Crippen LogP contribution is -2.06. The van der Waals surface area contributed by atoms with Crippen LogP contribution in [0.15, 0.2) is 36.1 Å². The quantitative estimate of drug-likeness (QED) is 0.659. The second-order valence-electron chi connectivity index (χ2n) is 4.88.